The molecule has 0 fully saturated rings. The van der Waals surface area contributed by atoms with Crippen molar-refractivity contribution in [3.63, 3.8) is 0 Å². The first kappa shape index (κ1) is 7.39. The molecule has 0 amide bonds. The fourth-order valence-electron chi connectivity index (χ4n) is 0.704. The lowest BCUT2D eigenvalue weighted by molar-refractivity contribution is -0.389. The average molecular weight is 155 g/mol. The molecule has 0 N–H and O–H groups in total. The predicted molar refractivity (Wildman–Crippen MR) is 35.2 cm³/mol. The minimum atomic E-state index is -0.691. The van der Waals surface area contributed by atoms with Gasteiger partial charge in [0.15, 0.2) is 12.0 Å². The highest BCUT2D eigenvalue weighted by Gasteiger charge is 2.18. The normalized spacial score (nSPS) is 9.55. The van der Waals surface area contributed by atoms with E-state index in [0.717, 1.165) is 0 Å². The number of aryl methyl sites for hydroxylation is 1. The topological polar surface area (TPSA) is 78.0 Å². The Morgan fingerprint density at radius 3 is 2.82 bits per heavy atom. The number of nitrogens with zero attached hydrogens (tertiary/aromatic N) is 3. The van der Waals surface area contributed by atoms with Crippen LogP contribution >= 0.6 is 0 Å². The molecule has 0 unspecified atom stereocenters. The number of carbonyl (C=O) groups excluding carboxylic acids is 1. The molecule has 58 valence electrons. The molecule has 0 aromatic carbocycles. The summed E-state index contributed by atoms with van der Waals surface area (Å²) in [5.74, 6) is -0.400. The summed E-state index contributed by atoms with van der Waals surface area (Å²) in [4.78, 5) is 23.1. The quantitative estimate of drug-likeness (QED) is 0.345. The molecule has 0 bridgehead atoms. The molecule has 0 radical (unpaired) electrons. The Labute approximate surface area is 61.6 Å². The van der Waals surface area contributed by atoms with Gasteiger partial charge >= 0.3 is 5.82 Å². The van der Waals surface area contributed by atoms with Gasteiger partial charge in [0.05, 0.1) is 0 Å². The van der Waals surface area contributed by atoms with Crippen LogP contribution in [-0.2, 0) is 7.05 Å². The van der Waals surface area contributed by atoms with Crippen molar-refractivity contribution in [1.82, 2.24) is 9.55 Å². The van der Waals surface area contributed by atoms with Crippen LogP contribution in [0.1, 0.15) is 10.5 Å². The maximum absolute atomic E-state index is 10.2. The van der Waals surface area contributed by atoms with Crippen molar-refractivity contribution in [2.24, 2.45) is 7.05 Å². The van der Waals surface area contributed by atoms with E-state index in [4.69, 9.17) is 0 Å². The van der Waals surface area contributed by atoms with Crippen molar-refractivity contribution in [3.05, 3.63) is 22.1 Å². The fourth-order valence-corrected chi connectivity index (χ4v) is 0.704. The maximum atomic E-state index is 10.2. The Balaban J connectivity index is 3.26. The van der Waals surface area contributed by atoms with Crippen LogP contribution in [0, 0.1) is 10.1 Å². The van der Waals surface area contributed by atoms with E-state index in [9.17, 15) is 14.9 Å². The molecular formula is C5H5N3O3. The third-order valence-electron chi connectivity index (χ3n) is 1.25. The Hall–Kier alpha value is -1.72. The summed E-state index contributed by atoms with van der Waals surface area (Å²) in [7, 11) is 1.52. The van der Waals surface area contributed by atoms with E-state index in [-0.39, 0.29) is 5.69 Å². The molecule has 0 saturated carbocycles. The van der Waals surface area contributed by atoms with Crippen molar-refractivity contribution in [2.75, 3.05) is 0 Å². The van der Waals surface area contributed by atoms with Gasteiger partial charge in [0, 0.05) is 7.05 Å². The summed E-state index contributed by atoms with van der Waals surface area (Å²) in [5, 5.41) is 10.2. The van der Waals surface area contributed by atoms with E-state index in [1.165, 1.54) is 17.9 Å². The second-order valence-corrected chi connectivity index (χ2v) is 1.94. The molecule has 6 heteroatoms. The first-order valence-corrected chi connectivity index (χ1v) is 2.77. The smallest absolute Gasteiger partial charge is 0.358 e. The van der Waals surface area contributed by atoms with E-state index in [1.54, 1.807) is 0 Å². The largest absolute Gasteiger partial charge is 0.392 e. The number of aldehydes is 1. The van der Waals surface area contributed by atoms with Crippen LogP contribution in [0.25, 0.3) is 0 Å². The molecule has 0 aliphatic carbocycles. The van der Waals surface area contributed by atoms with Crippen molar-refractivity contribution in [3.8, 4) is 0 Å². The number of imidazole rings is 1. The van der Waals surface area contributed by atoms with Crippen LogP contribution < -0.4 is 0 Å². The van der Waals surface area contributed by atoms with Gasteiger partial charge in [0.25, 0.3) is 0 Å². The summed E-state index contributed by atoms with van der Waals surface area (Å²) in [6.45, 7) is 0. The monoisotopic (exact) mass is 155 g/mol. The highest BCUT2D eigenvalue weighted by atomic mass is 16.6. The van der Waals surface area contributed by atoms with E-state index in [2.05, 4.69) is 4.98 Å². The lowest BCUT2D eigenvalue weighted by atomic mass is 10.5. The third kappa shape index (κ3) is 1.09. The highest BCUT2D eigenvalue weighted by molar-refractivity contribution is 5.77. The van der Waals surface area contributed by atoms with Crippen LogP contribution in [0.15, 0.2) is 6.33 Å². The van der Waals surface area contributed by atoms with Gasteiger partial charge in [-0.2, -0.15) is 0 Å². The van der Waals surface area contributed by atoms with Crippen molar-refractivity contribution in [2.45, 2.75) is 0 Å². The Morgan fingerprint density at radius 2 is 2.45 bits per heavy atom. The van der Waals surface area contributed by atoms with Gasteiger partial charge in [-0.3, -0.25) is 4.79 Å². The van der Waals surface area contributed by atoms with Gasteiger partial charge in [-0.25, -0.2) is 0 Å². The zero-order chi connectivity index (χ0) is 8.43. The molecule has 6 nitrogen and oxygen atoms in total. The second-order valence-electron chi connectivity index (χ2n) is 1.94. The van der Waals surface area contributed by atoms with E-state index in [1.807, 2.05) is 0 Å². The van der Waals surface area contributed by atoms with E-state index in [0.29, 0.717) is 6.29 Å². The molecule has 0 aliphatic rings. The third-order valence-corrected chi connectivity index (χ3v) is 1.25. The zero-order valence-corrected chi connectivity index (χ0v) is 5.72. The molecule has 1 aromatic rings. The van der Waals surface area contributed by atoms with Gasteiger partial charge in [-0.1, -0.05) is 0 Å². The molecule has 0 atom stereocenters. The van der Waals surface area contributed by atoms with E-state index < -0.39 is 10.7 Å². The summed E-state index contributed by atoms with van der Waals surface area (Å²) >= 11 is 0. The SMILES string of the molecule is Cn1cnc([N+](=O)[O-])c1C=O. The number of rotatable bonds is 2. The molecule has 1 heterocycles. The van der Waals surface area contributed by atoms with Crippen LogP contribution in [0.4, 0.5) is 5.82 Å². The zero-order valence-electron chi connectivity index (χ0n) is 5.72. The van der Waals surface area contributed by atoms with Gasteiger partial charge < -0.3 is 14.7 Å². The van der Waals surface area contributed by atoms with Crippen molar-refractivity contribution < 1.29 is 9.72 Å². The lowest BCUT2D eigenvalue weighted by Crippen LogP contribution is -1.97. The number of hydrogen-bond donors (Lipinski definition) is 0. The first-order valence-electron chi connectivity index (χ1n) is 2.77. The number of carbonyl (C=O) groups is 1. The van der Waals surface area contributed by atoms with Gasteiger partial charge in [-0.15, -0.1) is 0 Å². The lowest BCUT2D eigenvalue weighted by Gasteiger charge is -1.90. The minimum absolute atomic E-state index is 0.0185. The average Bonchev–Trinajstić information content (AvgIpc) is 2.30. The molecule has 0 saturated heterocycles. The Morgan fingerprint density at radius 1 is 1.82 bits per heavy atom. The van der Waals surface area contributed by atoms with Crippen LogP contribution in [0.5, 0.6) is 0 Å². The van der Waals surface area contributed by atoms with Crippen LogP contribution in [-0.4, -0.2) is 20.8 Å². The van der Waals surface area contributed by atoms with Crippen molar-refractivity contribution in [1.29, 1.82) is 0 Å². The minimum Gasteiger partial charge on any atom is -0.358 e. The van der Waals surface area contributed by atoms with Crippen molar-refractivity contribution >= 4 is 12.1 Å². The number of nitro groups is 1. The summed E-state index contributed by atoms with van der Waals surface area (Å²) in [6, 6.07) is 0. The molecule has 0 spiro atoms. The number of hydrogen-bond acceptors (Lipinski definition) is 4. The Kier molecular flexibility index (Phi) is 1.67. The molecule has 1 aromatic heterocycles. The van der Waals surface area contributed by atoms with Crippen LogP contribution in [0.3, 0.4) is 0 Å². The predicted octanol–water partition coefficient (Wildman–Crippen LogP) is 0.141. The van der Waals surface area contributed by atoms with Gasteiger partial charge in [0.2, 0.25) is 6.33 Å². The maximum Gasteiger partial charge on any atom is 0.392 e. The molecule has 1 rings (SSSR count). The second kappa shape index (κ2) is 2.49. The summed E-state index contributed by atoms with van der Waals surface area (Å²) in [5.41, 5.74) is -0.0185. The summed E-state index contributed by atoms with van der Waals surface area (Å²) < 4.78 is 1.30. The first-order chi connectivity index (χ1) is 5.16. The standard InChI is InChI=1S/C5H5N3O3/c1-7-3-6-5(8(10)11)4(7)2-9/h2-3H,1H3. The summed E-state index contributed by atoms with van der Waals surface area (Å²) in [6.07, 6.45) is 1.63. The van der Waals surface area contributed by atoms with E-state index >= 15 is 0 Å². The van der Waals surface area contributed by atoms with Gasteiger partial charge in [-0.05, 0) is 9.91 Å². The van der Waals surface area contributed by atoms with Gasteiger partial charge in [0.1, 0.15) is 0 Å². The van der Waals surface area contributed by atoms with Crippen LogP contribution in [0.2, 0.25) is 0 Å². The molecule has 11 heavy (non-hydrogen) atoms. The Bertz CT molecular complexity index is 304. The highest BCUT2D eigenvalue weighted by Crippen LogP contribution is 2.11. The number of aromatic nitrogens is 2. The fraction of sp³-hybridized carbons (Fsp3) is 0.200. The molecule has 0 aliphatic heterocycles. The molecular weight excluding hydrogens is 150 g/mol.